The highest BCUT2D eigenvalue weighted by Crippen LogP contribution is 2.49. The number of nitrogen functional groups attached to an aromatic ring is 1. The summed E-state index contributed by atoms with van der Waals surface area (Å²) in [6.07, 6.45) is 3.44. The van der Waals surface area contributed by atoms with Crippen LogP contribution >= 0.6 is 0 Å². The van der Waals surface area contributed by atoms with E-state index in [2.05, 4.69) is 26.5 Å². The van der Waals surface area contributed by atoms with Crippen LogP contribution in [0.3, 0.4) is 0 Å². The fourth-order valence-electron chi connectivity index (χ4n) is 5.30. The van der Waals surface area contributed by atoms with Gasteiger partial charge in [0, 0.05) is 49.3 Å². The van der Waals surface area contributed by atoms with E-state index in [9.17, 15) is 17.6 Å². The van der Waals surface area contributed by atoms with Crippen molar-refractivity contribution in [2.75, 3.05) is 41.8 Å². The highest BCUT2D eigenvalue weighted by Gasteiger charge is 2.56. The lowest BCUT2D eigenvalue weighted by molar-refractivity contribution is -0.0495. The zero-order valence-corrected chi connectivity index (χ0v) is 19.3. The Hall–Kier alpha value is -2.89. The van der Waals surface area contributed by atoms with Crippen LogP contribution in [0.1, 0.15) is 32.6 Å². The van der Waals surface area contributed by atoms with Crippen LogP contribution in [0.25, 0.3) is 11.3 Å². The molecule has 3 aliphatic rings. The molecule has 1 aliphatic carbocycles. The summed E-state index contributed by atoms with van der Waals surface area (Å²) in [5.74, 6) is -2.86. The minimum Gasteiger partial charge on any atom is -0.431 e. The lowest BCUT2D eigenvalue weighted by Gasteiger charge is -2.37. The van der Waals surface area contributed by atoms with Gasteiger partial charge in [-0.15, -0.1) is 0 Å². The van der Waals surface area contributed by atoms with Crippen molar-refractivity contribution in [3.63, 3.8) is 0 Å². The van der Waals surface area contributed by atoms with E-state index in [0.717, 1.165) is 12.8 Å². The van der Waals surface area contributed by atoms with Crippen LogP contribution in [0.5, 0.6) is 5.75 Å². The molecule has 2 unspecified atom stereocenters. The quantitative estimate of drug-likeness (QED) is 0.577. The third-order valence-corrected chi connectivity index (χ3v) is 7.01. The maximum Gasteiger partial charge on any atom is 0.387 e. The molecule has 0 spiro atoms. The Morgan fingerprint density at radius 2 is 2.09 bits per heavy atom. The van der Waals surface area contributed by atoms with E-state index in [-0.39, 0.29) is 36.6 Å². The molecule has 2 aliphatic heterocycles. The van der Waals surface area contributed by atoms with Gasteiger partial charge in [-0.05, 0) is 18.9 Å². The van der Waals surface area contributed by atoms with Crippen LogP contribution in [-0.2, 0) is 4.74 Å². The fraction of sp³-hybridized carbons (Fsp3) is 0.609. The monoisotopic (exact) mass is 496 g/mol. The first-order valence-corrected chi connectivity index (χ1v) is 11.8. The number of morpholine rings is 1. The Balaban J connectivity index is 1.56. The number of fused-ring (bicyclic) bond motifs is 2. The molecule has 2 aromatic rings. The van der Waals surface area contributed by atoms with E-state index in [1.807, 2.05) is 4.90 Å². The molecule has 3 atom stereocenters. The number of anilines is 3. The predicted octanol–water partition coefficient (Wildman–Crippen LogP) is 3.96. The van der Waals surface area contributed by atoms with E-state index >= 15 is 0 Å². The molecule has 35 heavy (non-hydrogen) atoms. The Morgan fingerprint density at radius 1 is 1.26 bits per heavy atom. The van der Waals surface area contributed by atoms with Gasteiger partial charge in [0.15, 0.2) is 11.6 Å². The van der Waals surface area contributed by atoms with Crippen molar-refractivity contribution in [1.82, 2.24) is 15.0 Å². The van der Waals surface area contributed by atoms with Crippen LogP contribution in [0.2, 0.25) is 0 Å². The van der Waals surface area contributed by atoms with Gasteiger partial charge in [0.2, 0.25) is 5.95 Å². The number of aromatic nitrogens is 3. The highest BCUT2D eigenvalue weighted by atomic mass is 19.3. The van der Waals surface area contributed by atoms with Crippen LogP contribution in [0, 0.1) is 5.92 Å². The summed E-state index contributed by atoms with van der Waals surface area (Å²) in [6.45, 7) is 0.905. The van der Waals surface area contributed by atoms with Crippen molar-refractivity contribution < 1.29 is 27.0 Å². The number of piperidine rings is 1. The number of nitrogens with two attached hydrogens (primary N) is 1. The summed E-state index contributed by atoms with van der Waals surface area (Å²) in [7, 11) is 0. The van der Waals surface area contributed by atoms with Crippen LogP contribution < -0.4 is 20.3 Å². The van der Waals surface area contributed by atoms with E-state index in [1.165, 1.54) is 12.3 Å². The number of halogens is 4. The average Bonchev–Trinajstić information content (AvgIpc) is 3.37. The maximum absolute atomic E-state index is 14.2. The zero-order chi connectivity index (χ0) is 24.7. The van der Waals surface area contributed by atoms with E-state index in [4.69, 9.17) is 15.5 Å². The molecule has 2 saturated heterocycles. The number of ether oxygens (including phenoxy) is 2. The van der Waals surface area contributed by atoms with Crippen LogP contribution in [0.4, 0.5) is 35.1 Å². The summed E-state index contributed by atoms with van der Waals surface area (Å²) >= 11 is 0. The third-order valence-electron chi connectivity index (χ3n) is 7.01. The first-order chi connectivity index (χ1) is 16.7. The average molecular weight is 497 g/mol. The molecule has 2 N–H and O–H groups in total. The van der Waals surface area contributed by atoms with Crippen LogP contribution in [-0.4, -0.2) is 65.9 Å². The molecule has 3 fully saturated rings. The molecule has 0 amide bonds. The molecule has 1 saturated carbocycles. The molecule has 8 nitrogen and oxygen atoms in total. The summed E-state index contributed by atoms with van der Waals surface area (Å²) < 4.78 is 64.3. The second-order valence-corrected chi connectivity index (χ2v) is 9.31. The molecule has 2 bridgehead atoms. The zero-order valence-electron chi connectivity index (χ0n) is 19.3. The van der Waals surface area contributed by atoms with E-state index in [0.29, 0.717) is 49.2 Å². The second-order valence-electron chi connectivity index (χ2n) is 9.31. The number of hydrogen-bond donors (Lipinski definition) is 1. The molecule has 5 rings (SSSR count). The molecule has 12 heteroatoms. The minimum atomic E-state index is -3.06. The first kappa shape index (κ1) is 23.8. The van der Waals surface area contributed by atoms with Gasteiger partial charge in [-0.1, -0.05) is 13.3 Å². The van der Waals surface area contributed by atoms with Gasteiger partial charge < -0.3 is 25.0 Å². The molecule has 0 aromatic carbocycles. The molecule has 190 valence electrons. The fourth-order valence-corrected chi connectivity index (χ4v) is 5.30. The largest absolute Gasteiger partial charge is 0.431 e. The highest BCUT2D eigenvalue weighted by molar-refractivity contribution is 5.68. The molecular formula is C23H28F4N6O2. The number of rotatable bonds is 7. The van der Waals surface area contributed by atoms with Gasteiger partial charge in [-0.25, -0.2) is 18.7 Å². The summed E-state index contributed by atoms with van der Waals surface area (Å²) in [5.41, 5.74) is 6.54. The number of alkyl halides is 4. The Labute approximate surface area is 200 Å². The number of pyridine rings is 1. The standard InChI is InChI=1S/C23H28F4N6O2/c1-2-3-15-12-34-5-4-32(15)19-8-17(13-6-18(35-21(24)25)20(28)29-10-13)30-22(31-19)33-11-14-7-16(33)9-23(14,26)27/h6,8,10,14-16,21H,2-5,7,9,11-12H2,1H3,(H2,28,29)/t14?,15-,16?/m0/s1. The second kappa shape index (κ2) is 9.29. The number of hydrogen-bond acceptors (Lipinski definition) is 8. The molecular weight excluding hydrogens is 468 g/mol. The van der Waals surface area contributed by atoms with Crippen molar-refractivity contribution in [2.45, 2.75) is 57.2 Å². The van der Waals surface area contributed by atoms with Crippen molar-refractivity contribution in [3.05, 3.63) is 18.3 Å². The number of nitrogens with zero attached hydrogens (tertiary/aromatic N) is 5. The van der Waals surface area contributed by atoms with Gasteiger partial charge >= 0.3 is 6.61 Å². The predicted molar refractivity (Wildman–Crippen MR) is 122 cm³/mol. The maximum atomic E-state index is 14.2. The topological polar surface area (TPSA) is 89.6 Å². The molecule has 0 radical (unpaired) electrons. The van der Waals surface area contributed by atoms with Gasteiger partial charge in [0.25, 0.3) is 5.92 Å². The summed E-state index contributed by atoms with van der Waals surface area (Å²) in [4.78, 5) is 17.4. The van der Waals surface area contributed by atoms with Crippen LogP contribution in [0.15, 0.2) is 18.3 Å². The molecule has 4 heterocycles. The third kappa shape index (κ3) is 4.67. The van der Waals surface area contributed by atoms with Crippen molar-refractivity contribution in [1.29, 1.82) is 0 Å². The smallest absolute Gasteiger partial charge is 0.387 e. The normalized spacial score (nSPS) is 25.5. The Kier molecular flexibility index (Phi) is 6.32. The first-order valence-electron chi connectivity index (χ1n) is 11.8. The SMILES string of the molecule is CCC[C@H]1COCCN1c1cc(-c2cnc(N)c(OC(F)F)c2)nc(N2CC3CC2CC3(F)F)n1. The lowest BCUT2D eigenvalue weighted by atomic mass is 10.1. The van der Waals surface area contributed by atoms with E-state index < -0.39 is 18.5 Å². The van der Waals surface area contributed by atoms with Gasteiger partial charge in [-0.3, -0.25) is 0 Å². The molecule has 2 aromatic heterocycles. The van der Waals surface area contributed by atoms with E-state index in [1.54, 1.807) is 6.07 Å². The Bertz CT molecular complexity index is 1070. The summed E-state index contributed by atoms with van der Waals surface area (Å²) in [6, 6.07) is 2.87. The van der Waals surface area contributed by atoms with Gasteiger partial charge in [0.1, 0.15) is 5.82 Å². The Morgan fingerprint density at radius 3 is 2.77 bits per heavy atom. The summed E-state index contributed by atoms with van der Waals surface area (Å²) in [5, 5.41) is 0. The minimum absolute atomic E-state index is 0.103. The van der Waals surface area contributed by atoms with Crippen molar-refractivity contribution >= 4 is 17.6 Å². The van der Waals surface area contributed by atoms with Gasteiger partial charge in [0.05, 0.1) is 24.9 Å². The van der Waals surface area contributed by atoms with Crippen molar-refractivity contribution in [2.24, 2.45) is 5.92 Å². The lowest BCUT2D eigenvalue weighted by Crippen LogP contribution is -2.46. The van der Waals surface area contributed by atoms with Crippen molar-refractivity contribution in [3.8, 4) is 17.0 Å². The van der Waals surface area contributed by atoms with Gasteiger partial charge in [-0.2, -0.15) is 13.8 Å².